The number of anilines is 12. The number of ketones is 4. The Balaban J connectivity index is 0.566. The molecule has 0 bridgehead atoms. The molecule has 12 aromatic rings. The van der Waals surface area contributed by atoms with Crippen LogP contribution in [0.15, 0.2) is 188 Å². The van der Waals surface area contributed by atoms with Crippen molar-refractivity contribution in [2.75, 3.05) is 43.4 Å². The van der Waals surface area contributed by atoms with Crippen LogP contribution in [0.2, 0.25) is 0 Å². The Morgan fingerprint density at radius 1 is 0.416 bits per heavy atom. The van der Waals surface area contributed by atoms with Crippen LogP contribution in [-0.2, 0) is 44.4 Å². The average Bonchev–Trinajstić information content (AvgIpc) is 0.712. The van der Waals surface area contributed by atoms with Crippen molar-refractivity contribution < 1.29 is 58.1 Å². The van der Waals surface area contributed by atoms with Crippen LogP contribution < -0.4 is 54.5 Å². The van der Waals surface area contributed by atoms with Gasteiger partial charge in [-0.05, 0) is 154 Å². The number of carbonyl (C=O) groups is 4. The van der Waals surface area contributed by atoms with Crippen LogP contribution in [0.5, 0.6) is 0 Å². The Morgan fingerprint density at radius 3 is 1.31 bits per heavy atom. The molecule has 572 valence electrons. The van der Waals surface area contributed by atoms with Gasteiger partial charge >= 0.3 is 0 Å². The van der Waals surface area contributed by atoms with Crippen LogP contribution in [0.3, 0.4) is 0 Å². The van der Waals surface area contributed by atoms with Crippen LogP contribution in [0.4, 0.5) is 69.8 Å². The summed E-state index contributed by atoms with van der Waals surface area (Å²) in [7, 11) is -11.7. The van der Waals surface area contributed by atoms with E-state index >= 15 is 0 Å². The van der Waals surface area contributed by atoms with E-state index in [9.17, 15) is 67.7 Å². The predicted octanol–water partition coefficient (Wildman–Crippen LogP) is 11.6. The minimum atomic E-state index is -4.97. The SMILES string of the molecule is Cn1c(=O)c(C(=O)c2ccccc2)c2c3c(c(Nc4ccc(S(=O)(=O)O)c(Nc5nc(N)nc(NC6CCC(CC7CCC(Nc8nc(N)nc(Nc9ccc(S(=O)(=O)O)c(Nc%10ccc%11c%12c%10C(=O)c%10ccccc%10-c%12c(C(=O)c%10cccc(S(=O)(=O)O)c%10)c(=O)n%11C)c9)n8)CC7)CC6)n5)c4)ccc31)C(=O)c1ccccc1-2. The molecule has 0 radical (unpaired) electrons. The normalized spacial score (nSPS) is 16.6. The van der Waals surface area contributed by atoms with Crippen LogP contribution in [0.1, 0.15) is 121 Å². The van der Waals surface area contributed by atoms with E-state index in [0.29, 0.717) is 33.9 Å². The minimum absolute atomic E-state index is 0.0118. The van der Waals surface area contributed by atoms with Crippen molar-refractivity contribution in [2.24, 2.45) is 25.9 Å². The predicted molar refractivity (Wildman–Crippen MR) is 423 cm³/mol. The Bertz CT molecular complexity index is 6590. The Morgan fingerprint density at radius 2 is 0.832 bits per heavy atom. The quantitative estimate of drug-likeness (QED) is 0.0235. The molecule has 16 rings (SSSR count). The molecule has 0 aliphatic heterocycles. The number of hydrogen-bond acceptors (Lipinski definition) is 26. The van der Waals surface area contributed by atoms with Gasteiger partial charge in [0, 0.05) is 81.7 Å². The number of fused-ring (bicyclic) bond motifs is 4. The molecule has 0 spiro atoms. The maximum absolute atomic E-state index is 14.8. The third-order valence-electron chi connectivity index (χ3n) is 21.2. The van der Waals surface area contributed by atoms with Crippen molar-refractivity contribution in [1.82, 2.24) is 39.0 Å². The van der Waals surface area contributed by atoms with Crippen LogP contribution in [0.25, 0.3) is 44.1 Å². The van der Waals surface area contributed by atoms with Gasteiger partial charge in [0.15, 0.2) is 23.1 Å². The van der Waals surface area contributed by atoms with Gasteiger partial charge in [-0.1, -0.05) is 91.0 Å². The van der Waals surface area contributed by atoms with Gasteiger partial charge in [-0.15, -0.1) is 0 Å². The second-order valence-electron chi connectivity index (χ2n) is 28.3. The highest BCUT2D eigenvalue weighted by Gasteiger charge is 2.38. The van der Waals surface area contributed by atoms with Crippen molar-refractivity contribution >= 4 is 145 Å². The second kappa shape index (κ2) is 28.7. The van der Waals surface area contributed by atoms with E-state index in [-0.39, 0.29) is 149 Å². The summed E-state index contributed by atoms with van der Waals surface area (Å²) < 4.78 is 110. The van der Waals surface area contributed by atoms with Crippen molar-refractivity contribution in [1.29, 1.82) is 0 Å². The molecule has 8 aromatic carbocycles. The number of nitrogen functional groups attached to an aromatic ring is 2. The van der Waals surface area contributed by atoms with E-state index in [1.807, 2.05) is 0 Å². The number of hydrogen-bond donors (Lipinski definition) is 11. The monoisotopic (exact) mass is 1580 g/mol. The smallest absolute Gasteiger partial charge is 0.296 e. The zero-order chi connectivity index (χ0) is 79.3. The number of benzene rings is 8. The molecule has 13 N–H and O–H groups in total. The first-order valence-corrected chi connectivity index (χ1v) is 40.1. The molecule has 4 aliphatic rings. The largest absolute Gasteiger partial charge is 0.368 e. The van der Waals surface area contributed by atoms with Crippen molar-refractivity contribution in [3.8, 4) is 22.3 Å². The molecule has 113 heavy (non-hydrogen) atoms. The molecule has 34 heteroatoms. The molecular formula is C79H68N16O15S3. The van der Waals surface area contributed by atoms with E-state index in [2.05, 4.69) is 61.8 Å². The van der Waals surface area contributed by atoms with E-state index < -0.39 is 79.1 Å². The number of nitrogens with one attached hydrogen (secondary N) is 6. The van der Waals surface area contributed by atoms with Crippen LogP contribution in [-0.4, -0.2) is 113 Å². The topological polar surface area (TPSA) is 477 Å². The summed E-state index contributed by atoms with van der Waals surface area (Å²) in [5, 5.41) is 19.5. The molecule has 0 atom stereocenters. The summed E-state index contributed by atoms with van der Waals surface area (Å²) in [4.78, 5) is 112. The number of aryl methyl sites for hydroxylation is 2. The first kappa shape index (κ1) is 74.1. The zero-order valence-electron chi connectivity index (χ0n) is 60.0. The van der Waals surface area contributed by atoms with Gasteiger partial charge in [0.2, 0.25) is 35.7 Å². The van der Waals surface area contributed by atoms with Gasteiger partial charge in [-0.3, -0.25) is 42.4 Å². The van der Waals surface area contributed by atoms with Crippen LogP contribution >= 0.6 is 0 Å². The standard InChI is InChI=1S/C79H68N16O15S3/c1-94-56-31-29-52(62-64(56)60(48-15-6-8-17-50(48)70(62)98)66(72(94)100)68(96)41-11-4-3-5-12-41)82-45-27-33-59(113(108,109)110)55(37-45)87-79-91-75(81)89-77(93-79)84-44-25-21-40(22-26-44)35-39-19-23-43(24-20-39)83-76-88-74(80)90-78(92-76)85-46-28-34-58(112(105,106)107)54(38-46)86-53-30-32-57-65-61(49-16-7-9-18-51(49)71(99)63(53)65)67(73(101)95(57)2)69(97)42-13-10-14-47(36-42)111(102,103)104/h3-18,27-34,36-40,43-44,82,86H,19-26,35H2,1-2H3,(H,102,103,104)(H,105,106,107)(H,108,109,110)(H4,80,83,85,88,90,92)(H4,81,84,87,89,91,93). The average molecular weight is 1580 g/mol. The number of nitrogens with zero attached hydrogens (tertiary/aromatic N) is 8. The fourth-order valence-corrected chi connectivity index (χ4v) is 17.8. The highest BCUT2D eigenvalue weighted by Crippen LogP contribution is 2.48. The Hall–Kier alpha value is -13.0. The Labute approximate surface area is 643 Å². The second-order valence-corrected chi connectivity index (χ2v) is 32.5. The molecule has 0 unspecified atom stereocenters. The lowest BCUT2D eigenvalue weighted by atomic mass is 9.75. The summed E-state index contributed by atoms with van der Waals surface area (Å²) in [6.45, 7) is 0. The van der Waals surface area contributed by atoms with Crippen molar-refractivity contribution in [3.05, 3.63) is 229 Å². The fourth-order valence-electron chi connectivity index (χ4n) is 16.0. The summed E-state index contributed by atoms with van der Waals surface area (Å²) in [5.74, 6) is -1.67. The lowest BCUT2D eigenvalue weighted by Crippen LogP contribution is -2.30. The van der Waals surface area contributed by atoms with E-state index in [0.717, 1.165) is 80.6 Å². The van der Waals surface area contributed by atoms with E-state index in [1.54, 1.807) is 84.9 Å². The van der Waals surface area contributed by atoms with Gasteiger partial charge in [-0.2, -0.15) is 55.2 Å². The van der Waals surface area contributed by atoms with Gasteiger partial charge in [0.05, 0.1) is 60.9 Å². The lowest BCUT2D eigenvalue weighted by Gasteiger charge is -2.34. The first-order valence-electron chi connectivity index (χ1n) is 35.8. The number of nitrogens with two attached hydrogens (primary N) is 2. The summed E-state index contributed by atoms with van der Waals surface area (Å²) >= 11 is 0. The van der Waals surface area contributed by atoms with Gasteiger partial charge in [0.1, 0.15) is 9.79 Å². The molecule has 4 heterocycles. The number of rotatable bonds is 21. The van der Waals surface area contributed by atoms with Crippen LogP contribution in [0, 0.1) is 11.8 Å². The fraction of sp³-hybridized carbons (Fsp3) is 0.190. The molecule has 2 saturated carbocycles. The summed E-state index contributed by atoms with van der Waals surface area (Å²) in [6, 6.07) is 39.8. The number of carbonyl (C=O) groups excluding carboxylic acids is 4. The summed E-state index contributed by atoms with van der Waals surface area (Å²) in [5.41, 5.74) is 13.1. The van der Waals surface area contributed by atoms with Gasteiger partial charge < -0.3 is 52.5 Å². The van der Waals surface area contributed by atoms with Crippen molar-refractivity contribution in [3.63, 3.8) is 0 Å². The van der Waals surface area contributed by atoms with Crippen molar-refractivity contribution in [2.45, 2.75) is 84.6 Å². The minimum Gasteiger partial charge on any atom is -0.368 e. The first-order chi connectivity index (χ1) is 54.0. The Kier molecular flexibility index (Phi) is 18.8. The highest BCUT2D eigenvalue weighted by atomic mass is 32.2. The zero-order valence-corrected chi connectivity index (χ0v) is 62.4. The molecule has 31 nitrogen and oxygen atoms in total. The van der Waals surface area contributed by atoms with Gasteiger partial charge in [-0.25, -0.2) is 0 Å². The lowest BCUT2D eigenvalue weighted by molar-refractivity contribution is 0.102. The molecule has 4 aromatic heterocycles. The third-order valence-corrected chi connectivity index (χ3v) is 23.9. The maximum atomic E-state index is 14.8. The molecule has 4 aliphatic carbocycles. The molecular weight excluding hydrogens is 1510 g/mol. The highest BCUT2D eigenvalue weighted by molar-refractivity contribution is 7.86. The molecule has 0 saturated heterocycles. The number of pyridine rings is 2. The third kappa shape index (κ3) is 14.1. The molecule has 0 amide bonds. The maximum Gasteiger partial charge on any atom is 0.296 e. The van der Waals surface area contributed by atoms with E-state index in [1.165, 1.54) is 79.3 Å². The molecule has 2 fully saturated rings. The van der Waals surface area contributed by atoms with Gasteiger partial charge in [0.25, 0.3) is 41.5 Å². The van der Waals surface area contributed by atoms with E-state index in [4.69, 9.17) is 11.5 Å². The summed E-state index contributed by atoms with van der Waals surface area (Å²) in [6.07, 6.45) is 7.83. The number of aromatic nitrogens is 8.